The second kappa shape index (κ2) is 6.02. The number of rotatable bonds is 3. The van der Waals surface area contributed by atoms with Gasteiger partial charge in [0.2, 0.25) is 0 Å². The summed E-state index contributed by atoms with van der Waals surface area (Å²) >= 11 is 0. The van der Waals surface area contributed by atoms with Crippen LogP contribution in [0.3, 0.4) is 0 Å². The highest BCUT2D eigenvalue weighted by Crippen LogP contribution is 2.32. The topological polar surface area (TPSA) is 63.2 Å². The van der Waals surface area contributed by atoms with Crippen molar-refractivity contribution in [1.82, 2.24) is 5.32 Å². The molecule has 0 saturated heterocycles. The molecule has 3 rings (SSSR count). The summed E-state index contributed by atoms with van der Waals surface area (Å²) < 4.78 is 36.8. The SMILES string of the molecule is Cc1ccc2c(c1)CC[C@H]2NC(=O)c1ccc(S(C)(=O)=O)c(F)c1. The average Bonchev–Trinajstić information content (AvgIpc) is 2.87. The molecule has 24 heavy (non-hydrogen) atoms. The molecule has 4 nitrogen and oxygen atoms in total. The van der Waals surface area contributed by atoms with Crippen LogP contribution in [-0.4, -0.2) is 20.6 Å². The van der Waals surface area contributed by atoms with Gasteiger partial charge in [-0.1, -0.05) is 23.8 Å². The second-order valence-electron chi connectivity index (χ2n) is 6.18. The second-order valence-corrected chi connectivity index (χ2v) is 8.17. The van der Waals surface area contributed by atoms with Crippen LogP contribution in [0.4, 0.5) is 4.39 Å². The van der Waals surface area contributed by atoms with Crippen molar-refractivity contribution >= 4 is 15.7 Å². The van der Waals surface area contributed by atoms with Crippen LogP contribution in [0.15, 0.2) is 41.3 Å². The molecule has 1 atom stereocenters. The van der Waals surface area contributed by atoms with Gasteiger partial charge in [0.05, 0.1) is 6.04 Å². The third kappa shape index (κ3) is 3.19. The number of halogens is 1. The van der Waals surface area contributed by atoms with Gasteiger partial charge in [0.15, 0.2) is 9.84 Å². The number of amides is 1. The highest BCUT2D eigenvalue weighted by molar-refractivity contribution is 7.90. The first-order chi connectivity index (χ1) is 11.3. The van der Waals surface area contributed by atoms with Crippen molar-refractivity contribution < 1.29 is 17.6 Å². The minimum absolute atomic E-state index is 0.106. The molecular weight excluding hydrogens is 329 g/mol. The summed E-state index contributed by atoms with van der Waals surface area (Å²) in [6, 6.07) is 9.45. The Morgan fingerprint density at radius 1 is 1.21 bits per heavy atom. The summed E-state index contributed by atoms with van der Waals surface area (Å²) in [5, 5.41) is 2.90. The van der Waals surface area contributed by atoms with Gasteiger partial charge in [-0.15, -0.1) is 0 Å². The van der Waals surface area contributed by atoms with Crippen LogP contribution in [0.2, 0.25) is 0 Å². The summed E-state index contributed by atoms with van der Waals surface area (Å²) in [6.45, 7) is 2.03. The maximum absolute atomic E-state index is 13.9. The molecule has 0 fully saturated rings. The molecule has 0 heterocycles. The van der Waals surface area contributed by atoms with Crippen LogP contribution in [0, 0.1) is 12.7 Å². The van der Waals surface area contributed by atoms with Crippen LogP contribution in [-0.2, 0) is 16.3 Å². The first-order valence-corrected chi connectivity index (χ1v) is 9.55. The van der Waals surface area contributed by atoms with Crippen molar-refractivity contribution in [3.05, 3.63) is 64.5 Å². The zero-order valence-corrected chi connectivity index (χ0v) is 14.3. The third-order valence-corrected chi connectivity index (χ3v) is 5.41. The van der Waals surface area contributed by atoms with Crippen LogP contribution >= 0.6 is 0 Å². The summed E-state index contributed by atoms with van der Waals surface area (Å²) in [6.07, 6.45) is 2.63. The van der Waals surface area contributed by atoms with Crippen molar-refractivity contribution in [3.8, 4) is 0 Å². The van der Waals surface area contributed by atoms with Crippen LogP contribution in [0.5, 0.6) is 0 Å². The summed E-state index contributed by atoms with van der Waals surface area (Å²) in [7, 11) is -3.65. The Hall–Kier alpha value is -2.21. The van der Waals surface area contributed by atoms with Crippen molar-refractivity contribution in [3.63, 3.8) is 0 Å². The van der Waals surface area contributed by atoms with Gasteiger partial charge in [-0.05, 0) is 49.1 Å². The molecule has 0 aliphatic heterocycles. The maximum Gasteiger partial charge on any atom is 0.251 e. The minimum atomic E-state index is -3.65. The molecule has 0 aromatic heterocycles. The Bertz CT molecular complexity index is 922. The number of carbonyl (C=O) groups is 1. The number of hydrogen-bond donors (Lipinski definition) is 1. The number of hydrogen-bond acceptors (Lipinski definition) is 3. The molecule has 0 radical (unpaired) electrons. The third-order valence-electron chi connectivity index (χ3n) is 4.28. The van der Waals surface area contributed by atoms with Gasteiger partial charge in [-0.2, -0.15) is 0 Å². The van der Waals surface area contributed by atoms with Gasteiger partial charge >= 0.3 is 0 Å². The van der Waals surface area contributed by atoms with E-state index in [4.69, 9.17) is 0 Å². The van der Waals surface area contributed by atoms with Gasteiger partial charge in [-0.25, -0.2) is 12.8 Å². The predicted octanol–water partition coefficient (Wildman–Crippen LogP) is 2.95. The van der Waals surface area contributed by atoms with Gasteiger partial charge in [0, 0.05) is 11.8 Å². The quantitative estimate of drug-likeness (QED) is 0.928. The molecule has 1 aliphatic carbocycles. The van der Waals surface area contributed by atoms with Crippen molar-refractivity contribution in [1.29, 1.82) is 0 Å². The highest BCUT2D eigenvalue weighted by atomic mass is 32.2. The number of aryl methyl sites for hydroxylation is 2. The van der Waals surface area contributed by atoms with E-state index in [-0.39, 0.29) is 11.6 Å². The average molecular weight is 347 g/mol. The Kier molecular flexibility index (Phi) is 4.17. The zero-order chi connectivity index (χ0) is 17.5. The van der Waals surface area contributed by atoms with E-state index < -0.39 is 26.5 Å². The van der Waals surface area contributed by atoms with E-state index in [2.05, 4.69) is 11.4 Å². The van der Waals surface area contributed by atoms with E-state index in [0.29, 0.717) is 0 Å². The molecule has 1 amide bonds. The normalized spacial score (nSPS) is 16.7. The lowest BCUT2D eigenvalue weighted by Gasteiger charge is -2.15. The molecular formula is C18H18FNO3S. The minimum Gasteiger partial charge on any atom is -0.345 e. The standard InChI is InChI=1S/C18H18FNO3S/c1-11-3-6-14-12(9-11)4-7-16(14)20-18(21)13-5-8-17(15(19)10-13)24(2,22)23/h3,5-6,8-10,16H,4,7H2,1-2H3,(H,20,21)/t16-/m1/s1. The smallest absolute Gasteiger partial charge is 0.251 e. The first-order valence-electron chi connectivity index (χ1n) is 7.65. The lowest BCUT2D eigenvalue weighted by molar-refractivity contribution is 0.0936. The summed E-state index contributed by atoms with van der Waals surface area (Å²) in [5.74, 6) is -1.32. The van der Waals surface area contributed by atoms with E-state index in [1.807, 2.05) is 19.1 Å². The number of benzene rings is 2. The van der Waals surface area contributed by atoms with E-state index in [9.17, 15) is 17.6 Å². The Morgan fingerprint density at radius 3 is 2.62 bits per heavy atom. The molecule has 0 unspecified atom stereocenters. The number of sulfone groups is 1. The molecule has 6 heteroatoms. The van der Waals surface area contributed by atoms with Gasteiger partial charge in [0.1, 0.15) is 10.7 Å². The van der Waals surface area contributed by atoms with E-state index in [1.54, 1.807) is 0 Å². The van der Waals surface area contributed by atoms with Crippen LogP contribution in [0.25, 0.3) is 0 Å². The van der Waals surface area contributed by atoms with Gasteiger partial charge < -0.3 is 5.32 Å². The monoisotopic (exact) mass is 347 g/mol. The van der Waals surface area contributed by atoms with Crippen molar-refractivity contribution in [2.45, 2.75) is 30.7 Å². The largest absolute Gasteiger partial charge is 0.345 e. The molecule has 2 aromatic carbocycles. The van der Waals surface area contributed by atoms with Gasteiger partial charge in [-0.3, -0.25) is 4.79 Å². The Morgan fingerprint density at radius 2 is 1.96 bits per heavy atom. The van der Waals surface area contributed by atoms with Crippen LogP contribution in [0.1, 0.15) is 39.5 Å². The fraction of sp³-hybridized carbons (Fsp3) is 0.278. The van der Waals surface area contributed by atoms with Gasteiger partial charge in [0.25, 0.3) is 5.91 Å². The maximum atomic E-state index is 13.9. The highest BCUT2D eigenvalue weighted by Gasteiger charge is 2.25. The molecule has 0 spiro atoms. The molecule has 1 N–H and O–H groups in total. The number of fused-ring (bicyclic) bond motifs is 1. The Balaban J connectivity index is 1.81. The summed E-state index contributed by atoms with van der Waals surface area (Å²) in [4.78, 5) is 12.0. The van der Waals surface area contributed by atoms with Crippen LogP contribution < -0.4 is 5.32 Å². The fourth-order valence-corrected chi connectivity index (χ4v) is 3.81. The zero-order valence-electron chi connectivity index (χ0n) is 13.5. The molecule has 0 saturated carbocycles. The molecule has 0 bridgehead atoms. The predicted molar refractivity (Wildman–Crippen MR) is 89.2 cm³/mol. The molecule has 126 valence electrons. The number of carbonyl (C=O) groups excluding carboxylic acids is 1. The van der Waals surface area contributed by atoms with Crippen molar-refractivity contribution in [2.75, 3.05) is 6.26 Å². The first kappa shape index (κ1) is 16.6. The van der Waals surface area contributed by atoms with E-state index in [1.165, 1.54) is 17.2 Å². The number of nitrogens with one attached hydrogen (secondary N) is 1. The van der Waals surface area contributed by atoms with Crippen molar-refractivity contribution in [2.24, 2.45) is 0 Å². The van der Waals surface area contributed by atoms with E-state index >= 15 is 0 Å². The van der Waals surface area contributed by atoms with E-state index in [0.717, 1.165) is 36.8 Å². The Labute approximate surface area is 140 Å². The fourth-order valence-electron chi connectivity index (χ4n) is 3.08. The lowest BCUT2D eigenvalue weighted by atomic mass is 10.1. The summed E-state index contributed by atoms with van der Waals surface area (Å²) in [5.41, 5.74) is 3.60. The lowest BCUT2D eigenvalue weighted by Crippen LogP contribution is -2.27. The molecule has 2 aromatic rings. The molecule has 1 aliphatic rings.